The fourth-order valence-corrected chi connectivity index (χ4v) is 3.38. The zero-order valence-electron chi connectivity index (χ0n) is 11.2. The molecule has 2 rings (SSSR count). The van der Waals surface area contributed by atoms with Gasteiger partial charge in [0.1, 0.15) is 0 Å². The van der Waals surface area contributed by atoms with Crippen LogP contribution in [0.5, 0.6) is 0 Å². The largest absolute Gasteiger partial charge is 0.383 e. The summed E-state index contributed by atoms with van der Waals surface area (Å²) in [4.78, 5) is 3.88. The number of anilines is 1. The molecule has 1 aliphatic heterocycles. The van der Waals surface area contributed by atoms with Crippen molar-refractivity contribution in [3.8, 4) is 0 Å². The molecule has 0 aromatic carbocycles. The topological polar surface area (TPSA) is 62.3 Å². The number of nitrogens with zero attached hydrogens (tertiary/aromatic N) is 2. The van der Waals surface area contributed by atoms with Crippen LogP contribution in [-0.4, -0.2) is 43.1 Å². The monoisotopic (exact) mass is 339 g/mol. The van der Waals surface area contributed by atoms with Crippen molar-refractivity contribution in [2.75, 3.05) is 25.0 Å². The maximum atomic E-state index is 12.4. The molecule has 5 nitrogen and oxygen atoms in total. The minimum absolute atomic E-state index is 0.128. The number of nitrogens with one attached hydrogen (secondary N) is 1. The van der Waals surface area contributed by atoms with Crippen molar-refractivity contribution in [3.63, 3.8) is 0 Å². The van der Waals surface area contributed by atoms with Gasteiger partial charge in [0.05, 0.1) is 10.7 Å². The van der Waals surface area contributed by atoms with Crippen molar-refractivity contribution in [2.45, 2.75) is 18.6 Å². The molecule has 9 heteroatoms. The van der Waals surface area contributed by atoms with Gasteiger partial charge in [0.15, 0.2) is 0 Å². The average Bonchev–Trinajstić information content (AvgIpc) is 2.46. The van der Waals surface area contributed by atoms with Gasteiger partial charge in [0.2, 0.25) is 0 Å². The number of aromatic nitrogens is 1. The third-order valence-electron chi connectivity index (χ3n) is 3.51. The second kappa shape index (κ2) is 6.85. The number of hydrogen-bond acceptors (Lipinski definition) is 4. The smallest absolute Gasteiger partial charge is 0.350 e. The van der Waals surface area contributed by atoms with Gasteiger partial charge in [-0.3, -0.25) is 4.98 Å². The lowest BCUT2D eigenvalue weighted by Gasteiger charge is -2.31. The zero-order chi connectivity index (χ0) is 15.5. The van der Waals surface area contributed by atoms with Crippen LogP contribution in [0, 0.1) is 5.92 Å². The predicted octanol–water partition coefficient (Wildman–Crippen LogP) is 2.41. The molecule has 1 aromatic rings. The Balaban J connectivity index is 1.84. The summed E-state index contributed by atoms with van der Waals surface area (Å²) in [6, 6.07) is 1.75. The Hall–Kier alpha value is -0.990. The van der Waals surface area contributed by atoms with E-state index >= 15 is 0 Å². The lowest BCUT2D eigenvalue weighted by Crippen LogP contribution is -2.42. The number of rotatable bonds is 5. The first-order valence-electron chi connectivity index (χ1n) is 6.51. The SMILES string of the molecule is O=S(=O)(C(F)F)N1CCC(CNc2ccncc2Cl)CC1. The Morgan fingerprint density at radius 3 is 2.67 bits per heavy atom. The third-order valence-corrected chi connectivity index (χ3v) is 5.35. The standard InChI is InChI=1S/C12H16ClF2N3O2S/c13-10-8-16-4-1-11(10)17-7-9-2-5-18(6-3-9)21(19,20)12(14)15/h1,4,8-9,12H,2-3,5-7H2,(H,16,17). The van der Waals surface area contributed by atoms with Crippen molar-refractivity contribution in [1.82, 2.24) is 9.29 Å². The second-order valence-electron chi connectivity index (χ2n) is 4.88. The summed E-state index contributed by atoms with van der Waals surface area (Å²) in [5.41, 5.74) is 0.759. The fraction of sp³-hybridized carbons (Fsp3) is 0.583. The molecule has 1 fully saturated rings. The van der Waals surface area contributed by atoms with Crippen molar-refractivity contribution in [1.29, 1.82) is 0 Å². The first-order valence-corrected chi connectivity index (χ1v) is 8.40. The number of sulfonamides is 1. The van der Waals surface area contributed by atoms with E-state index in [2.05, 4.69) is 10.3 Å². The van der Waals surface area contributed by atoms with Gasteiger partial charge < -0.3 is 5.32 Å². The minimum Gasteiger partial charge on any atom is -0.383 e. The maximum Gasteiger partial charge on any atom is 0.350 e. The molecule has 1 aromatic heterocycles. The van der Waals surface area contributed by atoms with Crippen LogP contribution in [0.25, 0.3) is 0 Å². The highest BCUT2D eigenvalue weighted by atomic mass is 35.5. The van der Waals surface area contributed by atoms with E-state index < -0.39 is 15.8 Å². The minimum atomic E-state index is -4.45. The third kappa shape index (κ3) is 4.02. The fourth-order valence-electron chi connectivity index (χ4n) is 2.25. The van der Waals surface area contributed by atoms with E-state index in [9.17, 15) is 17.2 Å². The molecule has 0 atom stereocenters. The maximum absolute atomic E-state index is 12.4. The summed E-state index contributed by atoms with van der Waals surface area (Å²) in [6.07, 6.45) is 4.23. The van der Waals surface area contributed by atoms with Crippen molar-refractivity contribution in [2.24, 2.45) is 5.92 Å². The summed E-state index contributed by atoms with van der Waals surface area (Å²) in [6.45, 7) is 0.874. The molecule has 0 radical (unpaired) electrons. The normalized spacial score (nSPS) is 18.1. The number of halogens is 3. The highest BCUT2D eigenvalue weighted by molar-refractivity contribution is 7.89. The van der Waals surface area contributed by atoms with Crippen LogP contribution < -0.4 is 5.32 Å². The number of alkyl halides is 2. The summed E-state index contributed by atoms with van der Waals surface area (Å²) in [7, 11) is -4.45. The Kier molecular flexibility index (Phi) is 5.34. The Labute approximate surface area is 127 Å². The van der Waals surface area contributed by atoms with Crippen LogP contribution in [0.15, 0.2) is 18.5 Å². The molecule has 21 heavy (non-hydrogen) atoms. The molecule has 0 unspecified atom stereocenters. The van der Waals surface area contributed by atoms with Crippen molar-refractivity contribution < 1.29 is 17.2 Å². The van der Waals surface area contributed by atoms with E-state index in [1.165, 1.54) is 6.20 Å². The van der Waals surface area contributed by atoms with Gasteiger partial charge in [0.25, 0.3) is 10.0 Å². The molecule has 0 spiro atoms. The highest BCUT2D eigenvalue weighted by Gasteiger charge is 2.34. The van der Waals surface area contributed by atoms with Crippen LogP contribution >= 0.6 is 11.6 Å². The van der Waals surface area contributed by atoms with E-state index in [4.69, 9.17) is 11.6 Å². The van der Waals surface area contributed by atoms with E-state index in [0.717, 1.165) is 9.99 Å². The molecule has 0 bridgehead atoms. The van der Waals surface area contributed by atoms with Crippen LogP contribution in [0.1, 0.15) is 12.8 Å². The first kappa shape index (κ1) is 16.4. The number of piperidine rings is 1. The first-order chi connectivity index (χ1) is 9.91. The molecular weight excluding hydrogens is 324 g/mol. The summed E-state index contributed by atoms with van der Waals surface area (Å²) >= 11 is 5.96. The van der Waals surface area contributed by atoms with Gasteiger partial charge in [-0.2, -0.15) is 13.1 Å². The van der Waals surface area contributed by atoms with Gasteiger partial charge in [-0.1, -0.05) is 11.6 Å². The van der Waals surface area contributed by atoms with E-state index in [-0.39, 0.29) is 19.0 Å². The summed E-state index contributed by atoms with van der Waals surface area (Å²) < 4.78 is 48.5. The van der Waals surface area contributed by atoms with Gasteiger partial charge in [0, 0.05) is 32.0 Å². The zero-order valence-corrected chi connectivity index (χ0v) is 12.7. The van der Waals surface area contributed by atoms with Gasteiger partial charge in [-0.05, 0) is 24.8 Å². The van der Waals surface area contributed by atoms with Gasteiger partial charge >= 0.3 is 5.76 Å². The lowest BCUT2D eigenvalue weighted by molar-refractivity contribution is 0.205. The van der Waals surface area contributed by atoms with E-state index in [1.807, 2.05) is 0 Å². The Morgan fingerprint density at radius 1 is 1.43 bits per heavy atom. The van der Waals surface area contributed by atoms with E-state index in [0.29, 0.717) is 24.4 Å². The molecular formula is C12H16ClF2N3O2S. The van der Waals surface area contributed by atoms with Crippen molar-refractivity contribution >= 4 is 27.3 Å². The molecule has 118 valence electrons. The van der Waals surface area contributed by atoms with Gasteiger partial charge in [-0.25, -0.2) is 8.42 Å². The van der Waals surface area contributed by atoms with E-state index in [1.54, 1.807) is 12.3 Å². The molecule has 2 heterocycles. The quantitative estimate of drug-likeness (QED) is 0.895. The summed E-state index contributed by atoms with van der Waals surface area (Å²) in [5.74, 6) is -3.12. The van der Waals surface area contributed by atoms with Crippen LogP contribution in [0.2, 0.25) is 5.02 Å². The lowest BCUT2D eigenvalue weighted by atomic mass is 9.98. The van der Waals surface area contributed by atoms with Crippen LogP contribution in [0.3, 0.4) is 0 Å². The average molecular weight is 340 g/mol. The molecule has 1 aliphatic rings. The van der Waals surface area contributed by atoms with Crippen molar-refractivity contribution in [3.05, 3.63) is 23.5 Å². The summed E-state index contributed by atoms with van der Waals surface area (Å²) in [5, 5.41) is 3.68. The second-order valence-corrected chi connectivity index (χ2v) is 7.19. The molecule has 0 amide bonds. The number of hydrogen-bond donors (Lipinski definition) is 1. The predicted molar refractivity (Wildman–Crippen MR) is 77.0 cm³/mol. The molecule has 1 N–H and O–H groups in total. The van der Waals surface area contributed by atoms with Crippen LogP contribution in [-0.2, 0) is 10.0 Å². The van der Waals surface area contributed by atoms with Gasteiger partial charge in [-0.15, -0.1) is 0 Å². The Morgan fingerprint density at radius 2 is 2.10 bits per heavy atom. The highest BCUT2D eigenvalue weighted by Crippen LogP contribution is 2.24. The Bertz CT molecular complexity index is 578. The van der Waals surface area contributed by atoms with Crippen LogP contribution in [0.4, 0.5) is 14.5 Å². The molecule has 1 saturated heterocycles. The number of pyridine rings is 1. The molecule has 0 aliphatic carbocycles. The molecule has 0 saturated carbocycles.